The summed E-state index contributed by atoms with van der Waals surface area (Å²) in [5, 5.41) is 8.64. The molecular weight excluding hydrogens is 301 g/mol. The van der Waals surface area contributed by atoms with Crippen molar-refractivity contribution >= 4 is 11.9 Å². The van der Waals surface area contributed by atoms with E-state index in [9.17, 15) is 22.8 Å². The first-order chi connectivity index (χ1) is 9.93. The summed E-state index contributed by atoms with van der Waals surface area (Å²) in [7, 11) is 0. The molecule has 22 heavy (non-hydrogen) atoms. The van der Waals surface area contributed by atoms with Crippen molar-refractivity contribution in [2.45, 2.75) is 32.0 Å². The number of benzene rings is 1. The van der Waals surface area contributed by atoms with Crippen LogP contribution in [-0.2, 0) is 26.1 Å². The third-order valence-electron chi connectivity index (χ3n) is 2.94. The van der Waals surface area contributed by atoms with Crippen molar-refractivity contribution in [1.82, 2.24) is 0 Å². The van der Waals surface area contributed by atoms with Crippen LogP contribution in [0.25, 0.3) is 0 Å². The Morgan fingerprint density at radius 1 is 1.14 bits per heavy atom. The van der Waals surface area contributed by atoms with E-state index in [4.69, 9.17) is 9.84 Å². The zero-order valence-corrected chi connectivity index (χ0v) is 12.0. The van der Waals surface area contributed by atoms with E-state index in [2.05, 4.69) is 6.58 Å². The topological polar surface area (TPSA) is 63.6 Å². The van der Waals surface area contributed by atoms with Gasteiger partial charge >= 0.3 is 18.1 Å². The molecule has 1 aromatic carbocycles. The summed E-state index contributed by atoms with van der Waals surface area (Å²) in [4.78, 5) is 22.2. The molecule has 7 heteroatoms. The molecule has 0 radical (unpaired) electrons. The largest absolute Gasteiger partial charge is 0.478 e. The summed E-state index contributed by atoms with van der Waals surface area (Å²) in [6, 6.07) is 4.20. The summed E-state index contributed by atoms with van der Waals surface area (Å²) >= 11 is 0. The van der Waals surface area contributed by atoms with E-state index in [-0.39, 0.29) is 5.57 Å². The van der Waals surface area contributed by atoms with Crippen LogP contribution in [0, 0.1) is 0 Å². The minimum absolute atomic E-state index is 0.326. The van der Waals surface area contributed by atoms with Gasteiger partial charge in [-0.1, -0.05) is 18.7 Å². The highest BCUT2D eigenvalue weighted by molar-refractivity contribution is 5.91. The monoisotopic (exact) mass is 316 g/mol. The summed E-state index contributed by atoms with van der Waals surface area (Å²) in [6.07, 6.45) is -4.95. The molecule has 0 aromatic heterocycles. The quantitative estimate of drug-likeness (QED) is 0.667. The van der Waals surface area contributed by atoms with Crippen LogP contribution < -0.4 is 0 Å². The van der Waals surface area contributed by atoms with Crippen LogP contribution in [0.5, 0.6) is 0 Å². The van der Waals surface area contributed by atoms with Crippen LogP contribution in [0.1, 0.15) is 31.4 Å². The molecule has 120 valence electrons. The van der Waals surface area contributed by atoms with Gasteiger partial charge in [0.2, 0.25) is 0 Å². The number of carboxylic acids is 1. The highest BCUT2D eigenvalue weighted by Crippen LogP contribution is 2.32. The van der Waals surface area contributed by atoms with E-state index in [1.165, 1.54) is 26.0 Å². The van der Waals surface area contributed by atoms with Gasteiger partial charge in [-0.3, -0.25) is 4.79 Å². The summed E-state index contributed by atoms with van der Waals surface area (Å²) < 4.78 is 42.6. The lowest BCUT2D eigenvalue weighted by atomic mass is 9.96. The maximum Gasteiger partial charge on any atom is 0.416 e. The molecule has 0 amide bonds. The zero-order chi connectivity index (χ0) is 17.1. The molecule has 0 fully saturated rings. The molecule has 1 N–H and O–H groups in total. The molecule has 0 heterocycles. The molecule has 0 aliphatic carbocycles. The van der Waals surface area contributed by atoms with Gasteiger partial charge in [-0.05, 0) is 31.5 Å². The molecule has 1 aromatic rings. The first-order valence-electron chi connectivity index (χ1n) is 6.24. The summed E-state index contributed by atoms with van der Waals surface area (Å²) in [6.45, 7) is 6.20. The highest BCUT2D eigenvalue weighted by atomic mass is 19.4. The minimum atomic E-state index is -4.45. The number of ether oxygens (including phenoxy) is 1. The van der Waals surface area contributed by atoms with Gasteiger partial charge in [0, 0.05) is 5.57 Å². The Bertz CT molecular complexity index is 586. The summed E-state index contributed by atoms with van der Waals surface area (Å²) in [5.41, 5.74) is -1.97. The first kappa shape index (κ1) is 17.7. The molecule has 0 saturated heterocycles. The Morgan fingerprint density at radius 2 is 1.59 bits per heavy atom. The molecule has 0 aliphatic heterocycles. The fourth-order valence-electron chi connectivity index (χ4n) is 1.69. The Labute approximate surface area is 125 Å². The van der Waals surface area contributed by atoms with Crippen molar-refractivity contribution in [3.8, 4) is 0 Å². The number of hydrogen-bond donors (Lipinski definition) is 1. The van der Waals surface area contributed by atoms with Gasteiger partial charge < -0.3 is 9.84 Å². The molecule has 0 atom stereocenters. The van der Waals surface area contributed by atoms with Crippen LogP contribution in [0.2, 0.25) is 0 Å². The Kier molecular flexibility index (Phi) is 5.01. The van der Waals surface area contributed by atoms with Crippen molar-refractivity contribution in [2.75, 3.05) is 0 Å². The molecule has 1 rings (SSSR count). The number of aliphatic carboxylic acids is 1. The van der Waals surface area contributed by atoms with Crippen molar-refractivity contribution < 1.29 is 32.6 Å². The predicted molar refractivity (Wildman–Crippen MR) is 72.0 cm³/mol. The van der Waals surface area contributed by atoms with Crippen molar-refractivity contribution in [1.29, 1.82) is 0 Å². The van der Waals surface area contributed by atoms with Gasteiger partial charge in [-0.15, -0.1) is 0 Å². The fourth-order valence-corrected chi connectivity index (χ4v) is 1.69. The Hall–Kier alpha value is -2.31. The van der Waals surface area contributed by atoms with E-state index in [1.807, 2.05) is 0 Å². The second kappa shape index (κ2) is 6.21. The van der Waals surface area contributed by atoms with Crippen molar-refractivity contribution in [3.05, 3.63) is 47.5 Å². The Balaban J connectivity index is 2.84. The number of carbonyl (C=O) groups excluding carboxylic acids is 1. The molecule has 0 bridgehead atoms. The second-order valence-corrected chi connectivity index (χ2v) is 5.14. The van der Waals surface area contributed by atoms with E-state index in [0.29, 0.717) is 5.56 Å². The van der Waals surface area contributed by atoms with Gasteiger partial charge in [0.15, 0.2) is 0 Å². The van der Waals surface area contributed by atoms with Gasteiger partial charge in [0.1, 0.15) is 5.60 Å². The number of hydrogen-bond acceptors (Lipinski definition) is 3. The third-order valence-corrected chi connectivity index (χ3v) is 2.94. The zero-order valence-electron chi connectivity index (χ0n) is 12.0. The number of halogens is 3. The maximum absolute atomic E-state index is 12.5. The molecular formula is C15H15F3O4. The van der Waals surface area contributed by atoms with E-state index in [1.54, 1.807) is 0 Å². The molecule has 4 nitrogen and oxygen atoms in total. The van der Waals surface area contributed by atoms with Crippen molar-refractivity contribution in [2.24, 2.45) is 0 Å². The minimum Gasteiger partial charge on any atom is -0.478 e. The predicted octanol–water partition coefficient (Wildman–Crippen LogP) is 3.51. The summed E-state index contributed by atoms with van der Waals surface area (Å²) in [5.74, 6) is -2.14. The number of rotatable bonds is 5. The van der Waals surface area contributed by atoms with Crippen LogP contribution in [0.3, 0.4) is 0 Å². The SMILES string of the molecule is C=C(CC(=O)OC(C)(C)c1ccc(C(F)(F)F)cc1)C(=O)O. The van der Waals surface area contributed by atoms with Crippen LogP contribution in [0.4, 0.5) is 13.2 Å². The fraction of sp³-hybridized carbons (Fsp3) is 0.333. The maximum atomic E-state index is 12.5. The highest BCUT2D eigenvalue weighted by Gasteiger charge is 2.32. The molecule has 0 spiro atoms. The normalized spacial score (nSPS) is 11.9. The average molecular weight is 316 g/mol. The van der Waals surface area contributed by atoms with Crippen LogP contribution >= 0.6 is 0 Å². The van der Waals surface area contributed by atoms with E-state index >= 15 is 0 Å². The molecule has 0 saturated carbocycles. The second-order valence-electron chi connectivity index (χ2n) is 5.14. The lowest BCUT2D eigenvalue weighted by Gasteiger charge is -2.26. The first-order valence-corrected chi connectivity index (χ1v) is 6.24. The standard InChI is InChI=1S/C15H15F3O4/c1-9(13(20)21)8-12(19)22-14(2,3)10-4-6-11(7-5-10)15(16,17)18/h4-7H,1,8H2,2-3H3,(H,20,21). The van der Waals surface area contributed by atoms with Crippen LogP contribution in [0.15, 0.2) is 36.4 Å². The third kappa shape index (κ3) is 4.61. The van der Waals surface area contributed by atoms with Crippen molar-refractivity contribution in [3.63, 3.8) is 0 Å². The number of esters is 1. The van der Waals surface area contributed by atoms with E-state index < -0.39 is 35.7 Å². The molecule has 0 aliphatic rings. The Morgan fingerprint density at radius 3 is 2.00 bits per heavy atom. The van der Waals surface area contributed by atoms with Gasteiger partial charge in [-0.2, -0.15) is 13.2 Å². The smallest absolute Gasteiger partial charge is 0.416 e. The lowest BCUT2D eigenvalue weighted by molar-refractivity contribution is -0.157. The number of carboxylic acid groups (broad SMARTS) is 1. The average Bonchev–Trinajstić information content (AvgIpc) is 2.36. The van der Waals surface area contributed by atoms with Gasteiger partial charge in [0.05, 0.1) is 12.0 Å². The lowest BCUT2D eigenvalue weighted by Crippen LogP contribution is -2.26. The van der Waals surface area contributed by atoms with Crippen LogP contribution in [-0.4, -0.2) is 17.0 Å². The number of alkyl halides is 3. The number of carbonyl (C=O) groups is 2. The van der Waals surface area contributed by atoms with Gasteiger partial charge in [0.25, 0.3) is 0 Å². The molecule has 0 unspecified atom stereocenters. The van der Waals surface area contributed by atoms with Gasteiger partial charge in [-0.25, -0.2) is 4.79 Å². The van der Waals surface area contributed by atoms with E-state index in [0.717, 1.165) is 12.1 Å².